The first kappa shape index (κ1) is 13.1. The molecule has 0 bridgehead atoms. The summed E-state index contributed by atoms with van der Waals surface area (Å²) in [4.78, 5) is 11.8. The number of rotatable bonds is 3. The van der Waals surface area contributed by atoms with E-state index in [-0.39, 0.29) is 0 Å². The summed E-state index contributed by atoms with van der Waals surface area (Å²) in [5, 5.41) is 9.42. The van der Waals surface area contributed by atoms with Gasteiger partial charge in [-0.3, -0.25) is 0 Å². The zero-order valence-corrected chi connectivity index (χ0v) is 12.2. The molecule has 0 heterocycles. The molecule has 5 heteroatoms. The highest BCUT2D eigenvalue weighted by molar-refractivity contribution is 9.11. The summed E-state index contributed by atoms with van der Waals surface area (Å²) in [6, 6.07) is 3.48. The van der Waals surface area contributed by atoms with Crippen LogP contribution in [0.25, 0.3) is 0 Å². The summed E-state index contributed by atoms with van der Waals surface area (Å²) >= 11 is 8.20. The molecule has 0 aliphatic heterocycles. The highest BCUT2D eigenvalue weighted by atomic mass is 79.9. The first-order valence-electron chi connectivity index (χ1n) is 4.30. The topological polar surface area (TPSA) is 37.3 Å². The van der Waals surface area contributed by atoms with Crippen LogP contribution >= 0.6 is 43.6 Å². The fourth-order valence-electron chi connectivity index (χ4n) is 1.07. The Balaban J connectivity index is 3.27. The third-order valence-corrected chi connectivity index (χ3v) is 4.08. The predicted octanol–water partition coefficient (Wildman–Crippen LogP) is 4.41. The lowest BCUT2D eigenvalue weighted by molar-refractivity contribution is 0.0693. The smallest absolute Gasteiger partial charge is 0.336 e. The van der Waals surface area contributed by atoms with Crippen LogP contribution in [0.1, 0.15) is 24.2 Å². The molecule has 1 aromatic rings. The Kier molecular flexibility index (Phi) is 4.67. The van der Waals surface area contributed by atoms with Gasteiger partial charge in [0, 0.05) is 19.1 Å². The average molecular weight is 354 g/mol. The van der Waals surface area contributed by atoms with E-state index in [1.165, 1.54) is 0 Å². The van der Waals surface area contributed by atoms with E-state index in [0.717, 1.165) is 13.8 Å². The number of benzene rings is 1. The Morgan fingerprint density at radius 1 is 1.40 bits per heavy atom. The highest BCUT2D eigenvalue weighted by Gasteiger charge is 2.16. The van der Waals surface area contributed by atoms with Crippen molar-refractivity contribution in [3.8, 4) is 0 Å². The largest absolute Gasteiger partial charge is 0.478 e. The molecule has 0 aromatic heterocycles. The maximum absolute atomic E-state index is 11.1. The lowest BCUT2D eigenvalue weighted by Gasteiger charge is -2.11. The van der Waals surface area contributed by atoms with Crippen molar-refractivity contribution in [2.45, 2.75) is 24.0 Å². The second-order valence-corrected chi connectivity index (χ2v) is 6.59. The molecule has 1 aromatic carbocycles. The summed E-state index contributed by atoms with van der Waals surface area (Å²) in [6.07, 6.45) is 0. The van der Waals surface area contributed by atoms with E-state index in [4.69, 9.17) is 5.11 Å². The Morgan fingerprint density at radius 3 is 2.47 bits per heavy atom. The van der Waals surface area contributed by atoms with E-state index in [9.17, 15) is 4.79 Å². The molecule has 82 valence electrons. The van der Waals surface area contributed by atoms with Gasteiger partial charge in [0.2, 0.25) is 0 Å². The quantitative estimate of drug-likeness (QED) is 0.818. The van der Waals surface area contributed by atoms with Crippen LogP contribution in [0.15, 0.2) is 26.0 Å². The molecule has 0 saturated carbocycles. The molecule has 0 unspecified atom stereocenters. The predicted molar refractivity (Wildman–Crippen MR) is 69.8 cm³/mol. The summed E-state index contributed by atoms with van der Waals surface area (Å²) in [5.41, 5.74) is 0.329. The van der Waals surface area contributed by atoms with Gasteiger partial charge < -0.3 is 5.11 Å². The van der Waals surface area contributed by atoms with Gasteiger partial charge in [0.1, 0.15) is 0 Å². The van der Waals surface area contributed by atoms with Crippen LogP contribution < -0.4 is 0 Å². The maximum atomic E-state index is 11.1. The average Bonchev–Trinajstić information content (AvgIpc) is 2.08. The molecule has 0 saturated heterocycles. The third-order valence-electron chi connectivity index (χ3n) is 1.59. The van der Waals surface area contributed by atoms with Crippen LogP contribution in [0.2, 0.25) is 0 Å². The number of carboxylic acids is 1. The first-order valence-corrected chi connectivity index (χ1v) is 6.77. The van der Waals surface area contributed by atoms with Crippen molar-refractivity contribution in [3.05, 3.63) is 26.6 Å². The summed E-state index contributed by atoms with van der Waals surface area (Å²) < 4.78 is 1.58. The van der Waals surface area contributed by atoms with Crippen molar-refractivity contribution in [2.75, 3.05) is 0 Å². The van der Waals surface area contributed by atoms with Crippen LogP contribution in [0.3, 0.4) is 0 Å². The molecule has 15 heavy (non-hydrogen) atoms. The summed E-state index contributed by atoms with van der Waals surface area (Å²) in [7, 11) is 0. The highest BCUT2D eigenvalue weighted by Crippen LogP contribution is 2.36. The number of carbonyl (C=O) groups is 1. The van der Waals surface area contributed by atoms with Crippen molar-refractivity contribution in [2.24, 2.45) is 0 Å². The molecule has 0 aliphatic carbocycles. The van der Waals surface area contributed by atoms with Gasteiger partial charge in [-0.15, -0.1) is 11.8 Å². The van der Waals surface area contributed by atoms with E-state index >= 15 is 0 Å². The molecule has 0 atom stereocenters. The van der Waals surface area contributed by atoms with Gasteiger partial charge >= 0.3 is 5.97 Å². The van der Waals surface area contributed by atoms with Crippen LogP contribution in [-0.4, -0.2) is 16.3 Å². The fraction of sp³-hybridized carbons (Fsp3) is 0.300. The summed E-state index contributed by atoms with van der Waals surface area (Å²) in [6.45, 7) is 4.07. The lowest BCUT2D eigenvalue weighted by atomic mass is 10.2. The Hall–Kier alpha value is -0.000000000000000111. The second-order valence-electron chi connectivity index (χ2n) is 3.24. The molecule has 1 rings (SSSR count). The van der Waals surface area contributed by atoms with E-state index < -0.39 is 5.97 Å². The number of hydrogen-bond acceptors (Lipinski definition) is 2. The molecule has 1 N–H and O–H groups in total. The molecular formula is C10H10Br2O2S. The van der Waals surface area contributed by atoms with Crippen molar-refractivity contribution in [1.29, 1.82) is 0 Å². The van der Waals surface area contributed by atoms with E-state index in [1.54, 1.807) is 17.8 Å². The number of carboxylic acid groups (broad SMARTS) is 1. The van der Waals surface area contributed by atoms with Gasteiger partial charge in [-0.25, -0.2) is 4.79 Å². The molecule has 0 amide bonds. The van der Waals surface area contributed by atoms with Crippen LogP contribution in [-0.2, 0) is 0 Å². The van der Waals surface area contributed by atoms with Gasteiger partial charge in [-0.05, 0) is 28.1 Å². The van der Waals surface area contributed by atoms with E-state index in [0.29, 0.717) is 10.8 Å². The van der Waals surface area contributed by atoms with Crippen molar-refractivity contribution < 1.29 is 9.90 Å². The monoisotopic (exact) mass is 352 g/mol. The molecule has 0 radical (unpaired) electrons. The van der Waals surface area contributed by atoms with Crippen molar-refractivity contribution in [1.82, 2.24) is 0 Å². The summed E-state index contributed by atoms with van der Waals surface area (Å²) in [5.74, 6) is -0.903. The number of aromatic carboxylic acids is 1. The van der Waals surface area contributed by atoms with Crippen molar-refractivity contribution in [3.63, 3.8) is 0 Å². The SMILES string of the molecule is CC(C)Sc1c(Br)cc(Br)cc1C(=O)O. The molecule has 2 nitrogen and oxygen atoms in total. The minimum atomic E-state index is -0.903. The maximum Gasteiger partial charge on any atom is 0.336 e. The van der Waals surface area contributed by atoms with Crippen LogP contribution in [0.4, 0.5) is 0 Å². The van der Waals surface area contributed by atoms with Crippen LogP contribution in [0.5, 0.6) is 0 Å². The van der Waals surface area contributed by atoms with Crippen molar-refractivity contribution >= 4 is 49.6 Å². The van der Waals surface area contributed by atoms with Gasteiger partial charge in [0.05, 0.1) is 5.56 Å². The number of hydrogen-bond donors (Lipinski definition) is 1. The van der Waals surface area contributed by atoms with E-state index in [2.05, 4.69) is 31.9 Å². The molecule has 0 spiro atoms. The minimum Gasteiger partial charge on any atom is -0.478 e. The van der Waals surface area contributed by atoms with Gasteiger partial charge in [-0.2, -0.15) is 0 Å². The third kappa shape index (κ3) is 3.50. The molecule has 0 fully saturated rings. The minimum absolute atomic E-state index is 0.329. The van der Waals surface area contributed by atoms with Gasteiger partial charge in [0.25, 0.3) is 0 Å². The fourth-order valence-corrected chi connectivity index (χ4v) is 3.50. The number of thioether (sulfide) groups is 1. The second kappa shape index (κ2) is 5.37. The Bertz CT molecular complexity index is 391. The zero-order chi connectivity index (χ0) is 11.6. The molecule has 0 aliphatic rings. The Labute approximate surface area is 110 Å². The normalized spacial score (nSPS) is 10.7. The van der Waals surface area contributed by atoms with Gasteiger partial charge in [-0.1, -0.05) is 29.8 Å². The van der Waals surface area contributed by atoms with E-state index in [1.807, 2.05) is 19.9 Å². The first-order chi connectivity index (χ1) is 6.91. The Morgan fingerprint density at radius 2 is 2.00 bits per heavy atom. The molecular weight excluding hydrogens is 344 g/mol. The number of halogens is 2. The standard InChI is InChI=1S/C10H10Br2O2S/c1-5(2)15-9-7(10(13)14)3-6(11)4-8(9)12/h3-5H,1-2H3,(H,13,14). The zero-order valence-electron chi connectivity index (χ0n) is 8.25. The van der Waals surface area contributed by atoms with Gasteiger partial charge in [0.15, 0.2) is 0 Å². The van der Waals surface area contributed by atoms with Crippen LogP contribution in [0, 0.1) is 0 Å². The lowest BCUT2D eigenvalue weighted by Crippen LogP contribution is -2.01.